The van der Waals surface area contributed by atoms with E-state index < -0.39 is 0 Å². The first-order chi connectivity index (χ1) is 24.5. The van der Waals surface area contributed by atoms with Crippen LogP contribution in [0.25, 0.3) is 87.1 Å². The average Bonchev–Trinajstić information content (AvgIpc) is 3.65. The number of hydrogen-bond acceptors (Lipinski definition) is 3. The van der Waals surface area contributed by atoms with Crippen LogP contribution in [0.2, 0.25) is 0 Å². The molecule has 0 bridgehead atoms. The van der Waals surface area contributed by atoms with Crippen molar-refractivity contribution in [3.8, 4) is 56.2 Å². The van der Waals surface area contributed by atoms with Gasteiger partial charge in [-0.3, -0.25) is 0 Å². The van der Waals surface area contributed by atoms with Crippen molar-refractivity contribution >= 4 is 42.3 Å². The third-order valence-electron chi connectivity index (χ3n) is 10.5. The Hall–Kier alpha value is -5.90. The molecule has 2 heterocycles. The van der Waals surface area contributed by atoms with Crippen LogP contribution in [0, 0.1) is 0 Å². The lowest BCUT2D eigenvalue weighted by Gasteiger charge is -2.22. The van der Waals surface area contributed by atoms with Crippen molar-refractivity contribution < 1.29 is 0 Å². The second-order valence-corrected chi connectivity index (χ2v) is 14.9. The van der Waals surface area contributed by atoms with Crippen molar-refractivity contribution in [1.29, 1.82) is 0 Å². The summed E-state index contributed by atoms with van der Waals surface area (Å²) in [6, 6.07) is 57.0. The fourth-order valence-corrected chi connectivity index (χ4v) is 8.96. The number of rotatable bonds is 4. The Morgan fingerprint density at radius 1 is 0.440 bits per heavy atom. The largest absolute Gasteiger partial charge is 0.228 e. The molecule has 0 saturated carbocycles. The molecule has 9 aromatic rings. The lowest BCUT2D eigenvalue weighted by molar-refractivity contribution is 0.661. The Morgan fingerprint density at radius 3 is 1.92 bits per heavy atom. The van der Waals surface area contributed by atoms with E-state index in [2.05, 4.69) is 153 Å². The SMILES string of the molecule is CC1(C)c2cc3ccccc3cc2-c2c(-c3ccc(-c4cc(-c5ccc6sc7ccccc7c6c5)nc(-c5ccccc5)n4)cc3)cccc21. The van der Waals surface area contributed by atoms with Gasteiger partial charge in [0.05, 0.1) is 11.4 Å². The molecule has 0 atom stereocenters. The Labute approximate surface area is 295 Å². The number of hydrogen-bond donors (Lipinski definition) is 0. The van der Waals surface area contributed by atoms with Gasteiger partial charge in [0, 0.05) is 42.3 Å². The minimum absolute atomic E-state index is 0.0752. The van der Waals surface area contributed by atoms with Crippen LogP contribution >= 0.6 is 11.3 Å². The van der Waals surface area contributed by atoms with E-state index in [-0.39, 0.29) is 5.41 Å². The maximum absolute atomic E-state index is 5.13. The molecular weight excluding hydrogens is 625 g/mol. The summed E-state index contributed by atoms with van der Waals surface area (Å²) < 4.78 is 2.59. The highest BCUT2D eigenvalue weighted by Crippen LogP contribution is 2.53. The van der Waals surface area contributed by atoms with Crippen LogP contribution < -0.4 is 0 Å². The average molecular weight is 657 g/mol. The van der Waals surface area contributed by atoms with Crippen molar-refractivity contribution in [2.24, 2.45) is 0 Å². The fourth-order valence-electron chi connectivity index (χ4n) is 7.88. The maximum atomic E-state index is 5.13. The van der Waals surface area contributed by atoms with Crippen LogP contribution in [0.15, 0.2) is 158 Å². The third kappa shape index (κ3) is 4.54. The van der Waals surface area contributed by atoms with Crippen LogP contribution in [0.1, 0.15) is 25.0 Å². The van der Waals surface area contributed by atoms with Gasteiger partial charge in [-0.05, 0) is 80.6 Å². The molecule has 50 heavy (non-hydrogen) atoms. The second kappa shape index (κ2) is 11.1. The first-order valence-corrected chi connectivity index (χ1v) is 18.0. The Bertz CT molecular complexity index is 2770. The van der Waals surface area contributed by atoms with Crippen molar-refractivity contribution in [2.75, 3.05) is 0 Å². The van der Waals surface area contributed by atoms with Crippen molar-refractivity contribution in [3.63, 3.8) is 0 Å². The molecule has 0 radical (unpaired) electrons. The zero-order valence-corrected chi connectivity index (χ0v) is 28.6. The lowest BCUT2D eigenvalue weighted by Crippen LogP contribution is -2.14. The van der Waals surface area contributed by atoms with E-state index in [1.807, 2.05) is 29.5 Å². The van der Waals surface area contributed by atoms with Crippen LogP contribution in [0.5, 0.6) is 0 Å². The van der Waals surface area contributed by atoms with Crippen molar-refractivity contribution in [3.05, 3.63) is 169 Å². The molecule has 0 N–H and O–H groups in total. The van der Waals surface area contributed by atoms with E-state index in [1.54, 1.807) is 0 Å². The molecule has 0 saturated heterocycles. The lowest BCUT2D eigenvalue weighted by atomic mass is 9.81. The van der Waals surface area contributed by atoms with Gasteiger partial charge in [-0.2, -0.15) is 0 Å². The summed E-state index contributed by atoms with van der Waals surface area (Å²) in [5.74, 6) is 0.726. The van der Waals surface area contributed by atoms with Gasteiger partial charge in [0.2, 0.25) is 0 Å². The number of aromatic nitrogens is 2. The quantitative estimate of drug-likeness (QED) is 0.188. The standard InChI is InChI=1S/C47H32N2S/c1-47(2)39-17-10-16-35(45(39)38-25-32-13-6-7-14-33(32)27-40(38)47)29-19-21-30(22-20-29)41-28-42(49-46(48-41)31-11-4-3-5-12-31)34-23-24-44-37(26-34)36-15-8-9-18-43(36)50-44/h3-28H,1-2H3. The van der Waals surface area contributed by atoms with E-state index >= 15 is 0 Å². The normalized spacial score (nSPS) is 13.2. The van der Waals surface area contributed by atoms with Gasteiger partial charge in [-0.25, -0.2) is 9.97 Å². The summed E-state index contributed by atoms with van der Waals surface area (Å²) in [5.41, 5.74) is 12.8. The molecule has 1 aliphatic rings. The van der Waals surface area contributed by atoms with Gasteiger partial charge in [0.1, 0.15) is 0 Å². The topological polar surface area (TPSA) is 25.8 Å². The predicted octanol–water partition coefficient (Wildman–Crippen LogP) is 13.0. The Morgan fingerprint density at radius 2 is 1.10 bits per heavy atom. The van der Waals surface area contributed by atoms with E-state index in [0.29, 0.717) is 0 Å². The first-order valence-electron chi connectivity index (χ1n) is 17.2. The smallest absolute Gasteiger partial charge is 0.160 e. The molecule has 7 aromatic carbocycles. The van der Waals surface area contributed by atoms with Crippen molar-refractivity contribution in [2.45, 2.75) is 19.3 Å². The summed E-state index contributed by atoms with van der Waals surface area (Å²) in [6.07, 6.45) is 0. The molecule has 10 rings (SSSR count). The highest BCUT2D eigenvalue weighted by atomic mass is 32.1. The second-order valence-electron chi connectivity index (χ2n) is 13.8. The van der Waals surface area contributed by atoms with Crippen LogP contribution in [-0.2, 0) is 5.41 Å². The number of nitrogens with zero attached hydrogens (tertiary/aromatic N) is 2. The van der Waals surface area contributed by atoms with Crippen molar-refractivity contribution in [1.82, 2.24) is 9.97 Å². The zero-order chi connectivity index (χ0) is 33.4. The van der Waals surface area contributed by atoms with Crippen LogP contribution in [0.3, 0.4) is 0 Å². The van der Waals surface area contributed by atoms with Crippen LogP contribution in [-0.4, -0.2) is 9.97 Å². The fraction of sp³-hybridized carbons (Fsp3) is 0.0638. The molecule has 2 nitrogen and oxygen atoms in total. The molecule has 0 unspecified atom stereocenters. The van der Waals surface area contributed by atoms with Gasteiger partial charge in [-0.1, -0.05) is 135 Å². The minimum atomic E-state index is -0.0752. The molecule has 0 amide bonds. The molecule has 0 fully saturated rings. The highest BCUT2D eigenvalue weighted by Gasteiger charge is 2.37. The van der Waals surface area contributed by atoms with E-state index in [4.69, 9.17) is 9.97 Å². The van der Waals surface area contributed by atoms with Gasteiger partial charge in [0.15, 0.2) is 5.82 Å². The summed E-state index contributed by atoms with van der Waals surface area (Å²) in [4.78, 5) is 10.3. The molecule has 3 heteroatoms. The van der Waals surface area contributed by atoms with E-state index in [0.717, 1.165) is 33.9 Å². The molecule has 236 valence electrons. The molecule has 2 aromatic heterocycles. The Balaban J connectivity index is 1.09. The van der Waals surface area contributed by atoms with Crippen LogP contribution in [0.4, 0.5) is 0 Å². The summed E-state index contributed by atoms with van der Waals surface area (Å²) >= 11 is 1.84. The summed E-state index contributed by atoms with van der Waals surface area (Å²) in [7, 11) is 0. The van der Waals surface area contributed by atoms with Gasteiger partial charge in [0.25, 0.3) is 0 Å². The molecule has 0 spiro atoms. The molecule has 1 aliphatic carbocycles. The van der Waals surface area contributed by atoms with E-state index in [1.165, 1.54) is 64.3 Å². The minimum Gasteiger partial charge on any atom is -0.228 e. The highest BCUT2D eigenvalue weighted by molar-refractivity contribution is 7.25. The van der Waals surface area contributed by atoms with E-state index in [9.17, 15) is 0 Å². The predicted molar refractivity (Wildman–Crippen MR) is 212 cm³/mol. The molecular formula is C47H32N2S. The summed E-state index contributed by atoms with van der Waals surface area (Å²) in [5, 5.41) is 5.12. The van der Waals surface area contributed by atoms with Gasteiger partial charge in [-0.15, -0.1) is 11.3 Å². The van der Waals surface area contributed by atoms with Gasteiger partial charge < -0.3 is 0 Å². The third-order valence-corrected chi connectivity index (χ3v) is 11.6. The number of fused-ring (bicyclic) bond motifs is 7. The number of thiophene rings is 1. The molecule has 0 aliphatic heterocycles. The Kier molecular flexibility index (Phi) is 6.43. The first kappa shape index (κ1) is 29.1. The number of benzene rings is 7. The zero-order valence-electron chi connectivity index (χ0n) is 27.8. The van der Waals surface area contributed by atoms with Gasteiger partial charge >= 0.3 is 0 Å². The summed E-state index contributed by atoms with van der Waals surface area (Å²) in [6.45, 7) is 4.71. The maximum Gasteiger partial charge on any atom is 0.160 e. The monoisotopic (exact) mass is 656 g/mol.